The summed E-state index contributed by atoms with van der Waals surface area (Å²) in [5.74, 6) is -3.58. The van der Waals surface area contributed by atoms with Crippen LogP contribution in [0, 0.1) is 0 Å². The van der Waals surface area contributed by atoms with Crippen LogP contribution in [-0.2, 0) is 0 Å². The summed E-state index contributed by atoms with van der Waals surface area (Å²) in [4.78, 5) is 11.7. The van der Waals surface area contributed by atoms with Crippen LogP contribution < -0.4 is 11.1 Å². The van der Waals surface area contributed by atoms with Gasteiger partial charge in [0.2, 0.25) is 0 Å². The molecule has 0 fully saturated rings. The van der Waals surface area contributed by atoms with E-state index in [2.05, 4.69) is 5.32 Å². The molecule has 0 aliphatic heterocycles. The number of hydrogen-bond donors (Lipinski definition) is 2. The van der Waals surface area contributed by atoms with Crippen LogP contribution in [0.4, 0.5) is 8.78 Å². The second-order valence-corrected chi connectivity index (χ2v) is 4.86. The molecule has 0 bridgehead atoms. The van der Waals surface area contributed by atoms with Gasteiger partial charge in [-0.3, -0.25) is 4.79 Å². The van der Waals surface area contributed by atoms with Gasteiger partial charge in [-0.25, -0.2) is 8.78 Å². The number of fused-ring (bicyclic) bond motifs is 1. The maximum Gasteiger partial charge on any atom is 0.277 e. The van der Waals surface area contributed by atoms with Crippen LogP contribution >= 0.6 is 23.7 Å². The molecule has 1 heterocycles. The summed E-state index contributed by atoms with van der Waals surface area (Å²) in [5.41, 5.74) is 5.26. The molecule has 1 aromatic heterocycles. The van der Waals surface area contributed by atoms with E-state index in [9.17, 15) is 13.6 Å². The van der Waals surface area contributed by atoms with Gasteiger partial charge < -0.3 is 11.1 Å². The van der Waals surface area contributed by atoms with E-state index in [-0.39, 0.29) is 12.4 Å². The van der Waals surface area contributed by atoms with Crippen molar-refractivity contribution in [3.63, 3.8) is 0 Å². The van der Waals surface area contributed by atoms with Crippen LogP contribution in [-0.4, -0.2) is 24.9 Å². The fraction of sp³-hybridized carbons (Fsp3) is 0.250. The molecule has 7 heteroatoms. The highest BCUT2D eigenvalue weighted by atomic mass is 35.5. The number of amides is 1. The second-order valence-electron chi connectivity index (χ2n) is 3.92. The maximum absolute atomic E-state index is 12.9. The number of carbonyl (C=O) groups excluding carboxylic acids is 1. The Hall–Kier alpha value is -1.24. The summed E-state index contributed by atoms with van der Waals surface area (Å²) in [6.45, 7) is -1.53. The molecule has 19 heavy (non-hydrogen) atoms. The monoisotopic (exact) mass is 306 g/mol. The summed E-state index contributed by atoms with van der Waals surface area (Å²) < 4.78 is 26.8. The van der Waals surface area contributed by atoms with Gasteiger partial charge in [-0.2, -0.15) is 0 Å². The third-order valence-corrected chi connectivity index (χ3v) is 3.42. The molecule has 3 nitrogen and oxygen atoms in total. The topological polar surface area (TPSA) is 55.1 Å². The Labute approximate surface area is 119 Å². The van der Waals surface area contributed by atoms with E-state index in [0.29, 0.717) is 5.56 Å². The van der Waals surface area contributed by atoms with Gasteiger partial charge in [-0.05, 0) is 35.0 Å². The smallest absolute Gasteiger partial charge is 0.277 e. The first-order valence-electron chi connectivity index (χ1n) is 5.35. The van der Waals surface area contributed by atoms with Gasteiger partial charge >= 0.3 is 0 Å². The van der Waals surface area contributed by atoms with Crippen LogP contribution in [0.1, 0.15) is 10.4 Å². The van der Waals surface area contributed by atoms with Crippen molar-refractivity contribution in [3.05, 3.63) is 35.2 Å². The number of alkyl halides is 2. The summed E-state index contributed by atoms with van der Waals surface area (Å²) in [7, 11) is 0. The number of nitrogens with two attached hydrogens (primary N) is 1. The first kappa shape index (κ1) is 15.8. The van der Waals surface area contributed by atoms with Crippen molar-refractivity contribution >= 4 is 39.7 Å². The Kier molecular flexibility index (Phi) is 5.22. The molecular formula is C12H13ClF2N2OS. The Morgan fingerprint density at radius 2 is 2.11 bits per heavy atom. The van der Waals surface area contributed by atoms with Crippen LogP contribution in [0.5, 0.6) is 0 Å². The number of halogens is 3. The van der Waals surface area contributed by atoms with Gasteiger partial charge in [0.1, 0.15) is 0 Å². The Morgan fingerprint density at radius 1 is 1.37 bits per heavy atom. The lowest BCUT2D eigenvalue weighted by molar-refractivity contribution is 0.0118. The van der Waals surface area contributed by atoms with Crippen molar-refractivity contribution in [2.75, 3.05) is 13.1 Å². The molecule has 2 rings (SSSR count). The van der Waals surface area contributed by atoms with Gasteiger partial charge in [0.15, 0.2) is 0 Å². The maximum atomic E-state index is 12.9. The summed E-state index contributed by atoms with van der Waals surface area (Å²) in [5, 5.41) is 5.02. The number of thiophene rings is 1. The fourth-order valence-corrected chi connectivity index (χ4v) is 2.26. The predicted octanol–water partition coefficient (Wildman–Crippen LogP) is 2.65. The Balaban J connectivity index is 0.00000180. The predicted molar refractivity (Wildman–Crippen MR) is 75.4 cm³/mol. The quantitative estimate of drug-likeness (QED) is 0.912. The normalized spacial score (nSPS) is 11.1. The lowest BCUT2D eigenvalue weighted by Crippen LogP contribution is -2.41. The first-order valence-corrected chi connectivity index (χ1v) is 6.23. The minimum absolute atomic E-state index is 0. The lowest BCUT2D eigenvalue weighted by atomic mass is 10.1. The molecule has 0 atom stereocenters. The second kappa shape index (κ2) is 6.27. The first-order chi connectivity index (χ1) is 8.52. The van der Waals surface area contributed by atoms with Crippen molar-refractivity contribution < 1.29 is 13.6 Å². The number of benzene rings is 1. The molecule has 0 aliphatic rings. The van der Waals surface area contributed by atoms with Gasteiger partial charge in [-0.15, -0.1) is 23.7 Å². The highest BCUT2D eigenvalue weighted by Crippen LogP contribution is 2.21. The van der Waals surface area contributed by atoms with Crippen molar-refractivity contribution in [1.82, 2.24) is 5.32 Å². The van der Waals surface area contributed by atoms with E-state index in [4.69, 9.17) is 5.73 Å². The Bertz CT molecular complexity index is 574. The van der Waals surface area contributed by atoms with E-state index >= 15 is 0 Å². The van der Waals surface area contributed by atoms with Crippen molar-refractivity contribution in [2.45, 2.75) is 5.92 Å². The van der Waals surface area contributed by atoms with Gasteiger partial charge in [0.05, 0.1) is 13.1 Å². The molecule has 0 aliphatic carbocycles. The van der Waals surface area contributed by atoms with Gasteiger partial charge in [0, 0.05) is 10.3 Å². The largest absolute Gasteiger partial charge is 0.346 e. The average molecular weight is 307 g/mol. The average Bonchev–Trinajstić information content (AvgIpc) is 2.83. The van der Waals surface area contributed by atoms with Gasteiger partial charge in [-0.1, -0.05) is 0 Å². The zero-order chi connectivity index (χ0) is 13.2. The standard InChI is InChI=1S/C12H12F2N2OS.ClH/c13-12(14,6-15)7-16-11(17)9-1-2-10-8(5-9)3-4-18-10;/h1-5H,6-7,15H2,(H,16,17);1H. The van der Waals surface area contributed by atoms with Crippen LogP contribution in [0.3, 0.4) is 0 Å². The third kappa shape index (κ3) is 3.86. The highest BCUT2D eigenvalue weighted by Gasteiger charge is 2.27. The lowest BCUT2D eigenvalue weighted by Gasteiger charge is -2.14. The molecule has 0 saturated carbocycles. The van der Waals surface area contributed by atoms with Crippen molar-refractivity contribution in [3.8, 4) is 0 Å². The van der Waals surface area contributed by atoms with Crippen LogP contribution in [0.2, 0.25) is 0 Å². The molecule has 3 N–H and O–H groups in total. The van der Waals surface area contributed by atoms with E-state index in [0.717, 1.165) is 10.1 Å². The summed E-state index contributed by atoms with van der Waals surface area (Å²) in [6.07, 6.45) is 0. The molecule has 0 unspecified atom stereocenters. The zero-order valence-corrected chi connectivity index (χ0v) is 11.5. The molecule has 0 radical (unpaired) electrons. The number of rotatable bonds is 4. The molecular weight excluding hydrogens is 294 g/mol. The minimum atomic E-state index is -3.07. The van der Waals surface area contributed by atoms with Crippen LogP contribution in [0.15, 0.2) is 29.6 Å². The van der Waals surface area contributed by atoms with E-state index < -0.39 is 24.9 Å². The third-order valence-electron chi connectivity index (χ3n) is 2.52. The number of hydrogen-bond acceptors (Lipinski definition) is 3. The molecule has 0 spiro atoms. The summed E-state index contributed by atoms with van der Waals surface area (Å²) >= 11 is 1.56. The number of carbonyl (C=O) groups is 1. The molecule has 1 aromatic carbocycles. The van der Waals surface area contributed by atoms with Crippen molar-refractivity contribution in [2.24, 2.45) is 5.73 Å². The van der Waals surface area contributed by atoms with Crippen molar-refractivity contribution in [1.29, 1.82) is 0 Å². The summed E-state index contributed by atoms with van der Waals surface area (Å²) in [6, 6.07) is 6.98. The molecule has 104 valence electrons. The van der Waals surface area contributed by atoms with E-state index in [1.807, 2.05) is 11.4 Å². The fourth-order valence-electron chi connectivity index (χ4n) is 1.49. The Morgan fingerprint density at radius 3 is 2.79 bits per heavy atom. The van der Waals surface area contributed by atoms with E-state index in [1.165, 1.54) is 0 Å². The van der Waals surface area contributed by atoms with Crippen LogP contribution in [0.25, 0.3) is 10.1 Å². The van der Waals surface area contributed by atoms with E-state index in [1.54, 1.807) is 29.5 Å². The molecule has 0 saturated heterocycles. The highest BCUT2D eigenvalue weighted by molar-refractivity contribution is 7.17. The van der Waals surface area contributed by atoms with Gasteiger partial charge in [0.25, 0.3) is 11.8 Å². The SMILES string of the molecule is Cl.NCC(F)(F)CNC(=O)c1ccc2sccc2c1. The number of nitrogens with one attached hydrogen (secondary N) is 1. The zero-order valence-electron chi connectivity index (χ0n) is 9.86. The molecule has 1 amide bonds. The minimum Gasteiger partial charge on any atom is -0.346 e. The molecule has 2 aromatic rings.